The second-order valence-corrected chi connectivity index (χ2v) is 5.98. The van der Waals surface area contributed by atoms with Crippen LogP contribution in [0.25, 0.3) is 10.9 Å². The van der Waals surface area contributed by atoms with Crippen molar-refractivity contribution in [3.8, 4) is 5.88 Å². The quantitative estimate of drug-likeness (QED) is 0.612. The van der Waals surface area contributed by atoms with Crippen molar-refractivity contribution in [2.24, 2.45) is 0 Å². The lowest BCUT2D eigenvalue weighted by Gasteiger charge is -2.10. The standard InChI is InChI=1S/C19H19ClN2O/c1-4-10-22-14(3)13(2)17-8-9-21-19(18(17)22)23-12-15-6-5-7-16(20)11-15/h4-9,11H,1,10,12H2,2-3H3. The van der Waals surface area contributed by atoms with Gasteiger partial charge in [-0.05, 0) is 43.2 Å². The van der Waals surface area contributed by atoms with Gasteiger partial charge < -0.3 is 9.30 Å². The van der Waals surface area contributed by atoms with Crippen molar-refractivity contribution in [3.05, 3.63) is 71.0 Å². The Morgan fingerprint density at radius 2 is 2.13 bits per heavy atom. The van der Waals surface area contributed by atoms with E-state index < -0.39 is 0 Å². The largest absolute Gasteiger partial charge is 0.471 e. The van der Waals surface area contributed by atoms with Crippen molar-refractivity contribution < 1.29 is 4.74 Å². The predicted octanol–water partition coefficient (Wildman–Crippen LogP) is 5.07. The molecule has 3 aromatic rings. The zero-order valence-electron chi connectivity index (χ0n) is 13.3. The maximum Gasteiger partial charge on any atom is 0.238 e. The SMILES string of the molecule is C=CCn1c(C)c(C)c2ccnc(OCc3cccc(Cl)c3)c21. The Kier molecular flexibility index (Phi) is 4.39. The van der Waals surface area contributed by atoms with Gasteiger partial charge in [0.1, 0.15) is 12.1 Å². The fourth-order valence-electron chi connectivity index (χ4n) is 2.80. The fraction of sp³-hybridized carbons (Fsp3) is 0.211. The maximum atomic E-state index is 6.03. The van der Waals surface area contributed by atoms with E-state index in [9.17, 15) is 0 Å². The summed E-state index contributed by atoms with van der Waals surface area (Å²) in [6, 6.07) is 9.70. The monoisotopic (exact) mass is 326 g/mol. The molecule has 0 N–H and O–H groups in total. The van der Waals surface area contributed by atoms with Gasteiger partial charge in [0, 0.05) is 28.8 Å². The van der Waals surface area contributed by atoms with Crippen LogP contribution in [0.2, 0.25) is 5.02 Å². The molecule has 0 fully saturated rings. The summed E-state index contributed by atoms with van der Waals surface area (Å²) in [5, 5.41) is 1.87. The third-order valence-corrected chi connectivity index (χ3v) is 4.32. The van der Waals surface area contributed by atoms with Gasteiger partial charge in [-0.15, -0.1) is 6.58 Å². The number of nitrogens with zero attached hydrogens (tertiary/aromatic N) is 2. The van der Waals surface area contributed by atoms with E-state index in [1.165, 1.54) is 16.6 Å². The number of halogens is 1. The van der Waals surface area contributed by atoms with E-state index >= 15 is 0 Å². The van der Waals surface area contributed by atoms with E-state index in [0.717, 1.165) is 17.6 Å². The summed E-state index contributed by atoms with van der Waals surface area (Å²) in [6.07, 6.45) is 3.68. The summed E-state index contributed by atoms with van der Waals surface area (Å²) in [4.78, 5) is 4.43. The molecule has 1 aromatic carbocycles. The number of fused-ring (bicyclic) bond motifs is 1. The Morgan fingerprint density at radius 3 is 2.87 bits per heavy atom. The van der Waals surface area contributed by atoms with Gasteiger partial charge in [0.2, 0.25) is 5.88 Å². The third kappa shape index (κ3) is 2.97. The Morgan fingerprint density at radius 1 is 1.30 bits per heavy atom. The van der Waals surface area contributed by atoms with Crippen molar-refractivity contribution in [1.82, 2.24) is 9.55 Å². The molecule has 0 aliphatic heterocycles. The van der Waals surface area contributed by atoms with E-state index in [0.29, 0.717) is 17.5 Å². The predicted molar refractivity (Wildman–Crippen MR) is 95.2 cm³/mol. The van der Waals surface area contributed by atoms with Gasteiger partial charge in [-0.2, -0.15) is 0 Å². The number of allylic oxidation sites excluding steroid dienone is 1. The summed E-state index contributed by atoms with van der Waals surface area (Å²) in [7, 11) is 0. The molecule has 0 spiro atoms. The molecular formula is C19H19ClN2O. The summed E-state index contributed by atoms with van der Waals surface area (Å²) in [5.74, 6) is 0.639. The average Bonchev–Trinajstić information content (AvgIpc) is 2.79. The molecule has 0 bridgehead atoms. The van der Waals surface area contributed by atoms with Crippen molar-refractivity contribution in [3.63, 3.8) is 0 Å². The lowest BCUT2D eigenvalue weighted by atomic mass is 10.2. The fourth-order valence-corrected chi connectivity index (χ4v) is 3.02. The first-order valence-electron chi connectivity index (χ1n) is 7.54. The van der Waals surface area contributed by atoms with Crippen LogP contribution in [0.4, 0.5) is 0 Å². The first-order chi connectivity index (χ1) is 11.1. The molecule has 0 amide bonds. The van der Waals surface area contributed by atoms with E-state index in [1.54, 1.807) is 6.20 Å². The molecule has 2 heterocycles. The van der Waals surface area contributed by atoms with E-state index in [2.05, 4.69) is 30.0 Å². The number of hydrogen-bond donors (Lipinski definition) is 0. The lowest BCUT2D eigenvalue weighted by Crippen LogP contribution is -2.02. The van der Waals surface area contributed by atoms with Crippen molar-refractivity contribution in [2.45, 2.75) is 27.0 Å². The molecule has 4 heteroatoms. The van der Waals surface area contributed by atoms with Crippen LogP contribution in [0.3, 0.4) is 0 Å². The van der Waals surface area contributed by atoms with Crippen LogP contribution in [0.15, 0.2) is 49.2 Å². The van der Waals surface area contributed by atoms with Crippen LogP contribution in [0.5, 0.6) is 5.88 Å². The molecule has 0 aliphatic carbocycles. The normalized spacial score (nSPS) is 10.9. The molecule has 0 unspecified atom stereocenters. The van der Waals surface area contributed by atoms with Crippen molar-refractivity contribution in [1.29, 1.82) is 0 Å². The summed E-state index contributed by atoms with van der Waals surface area (Å²) in [6.45, 7) is 9.25. The van der Waals surface area contributed by atoms with Gasteiger partial charge in [-0.25, -0.2) is 4.98 Å². The van der Waals surface area contributed by atoms with Gasteiger partial charge in [0.05, 0.1) is 0 Å². The number of rotatable bonds is 5. The Bertz CT molecular complexity index is 867. The zero-order valence-corrected chi connectivity index (χ0v) is 14.1. The van der Waals surface area contributed by atoms with E-state index in [4.69, 9.17) is 16.3 Å². The molecule has 0 radical (unpaired) electrons. The number of aromatic nitrogens is 2. The molecule has 2 aromatic heterocycles. The molecule has 0 saturated heterocycles. The summed E-state index contributed by atoms with van der Waals surface area (Å²) < 4.78 is 8.18. The first kappa shape index (κ1) is 15.6. The van der Waals surface area contributed by atoms with E-state index in [-0.39, 0.29) is 0 Å². The second-order valence-electron chi connectivity index (χ2n) is 5.54. The summed E-state index contributed by atoms with van der Waals surface area (Å²) in [5.41, 5.74) is 4.49. The molecule has 118 valence electrons. The highest BCUT2D eigenvalue weighted by molar-refractivity contribution is 6.30. The van der Waals surface area contributed by atoms with Crippen LogP contribution in [-0.2, 0) is 13.2 Å². The Labute approximate surface area is 141 Å². The smallest absolute Gasteiger partial charge is 0.238 e. The molecule has 0 aliphatic rings. The highest BCUT2D eigenvalue weighted by Gasteiger charge is 2.15. The molecule has 3 nitrogen and oxygen atoms in total. The number of aryl methyl sites for hydroxylation is 1. The van der Waals surface area contributed by atoms with Crippen LogP contribution in [0, 0.1) is 13.8 Å². The minimum atomic E-state index is 0.435. The van der Waals surface area contributed by atoms with Crippen LogP contribution in [0.1, 0.15) is 16.8 Å². The average molecular weight is 327 g/mol. The highest BCUT2D eigenvalue weighted by Crippen LogP contribution is 2.31. The van der Waals surface area contributed by atoms with Crippen LogP contribution in [-0.4, -0.2) is 9.55 Å². The van der Waals surface area contributed by atoms with Gasteiger partial charge >= 0.3 is 0 Å². The number of benzene rings is 1. The lowest BCUT2D eigenvalue weighted by molar-refractivity contribution is 0.296. The van der Waals surface area contributed by atoms with Gasteiger partial charge in [0.15, 0.2) is 0 Å². The topological polar surface area (TPSA) is 27.1 Å². The first-order valence-corrected chi connectivity index (χ1v) is 7.92. The molecule has 0 saturated carbocycles. The van der Waals surface area contributed by atoms with Crippen molar-refractivity contribution >= 4 is 22.5 Å². The van der Waals surface area contributed by atoms with Gasteiger partial charge in [-0.1, -0.05) is 29.8 Å². The van der Waals surface area contributed by atoms with Gasteiger partial charge in [0.25, 0.3) is 0 Å². The minimum Gasteiger partial charge on any atom is -0.471 e. The van der Waals surface area contributed by atoms with Gasteiger partial charge in [-0.3, -0.25) is 0 Å². The number of pyridine rings is 1. The van der Waals surface area contributed by atoms with Crippen LogP contribution >= 0.6 is 11.6 Å². The second kappa shape index (κ2) is 6.47. The number of hydrogen-bond acceptors (Lipinski definition) is 2. The number of ether oxygens (including phenoxy) is 1. The zero-order chi connectivity index (χ0) is 16.4. The Balaban J connectivity index is 2.00. The summed E-state index contributed by atoms with van der Waals surface area (Å²) >= 11 is 6.03. The molecular weight excluding hydrogens is 308 g/mol. The Hall–Kier alpha value is -2.26. The van der Waals surface area contributed by atoms with E-state index in [1.807, 2.05) is 36.4 Å². The highest BCUT2D eigenvalue weighted by atomic mass is 35.5. The molecule has 3 rings (SSSR count). The third-order valence-electron chi connectivity index (χ3n) is 4.09. The van der Waals surface area contributed by atoms with Crippen LogP contribution < -0.4 is 4.74 Å². The van der Waals surface area contributed by atoms with Crippen molar-refractivity contribution in [2.75, 3.05) is 0 Å². The molecule has 23 heavy (non-hydrogen) atoms. The molecule has 0 atom stereocenters. The maximum absolute atomic E-state index is 6.03. The minimum absolute atomic E-state index is 0.435.